The van der Waals surface area contributed by atoms with Gasteiger partial charge in [0.25, 0.3) is 0 Å². The summed E-state index contributed by atoms with van der Waals surface area (Å²) in [5.74, 6) is -0.324. The molecule has 1 heterocycles. The van der Waals surface area contributed by atoms with E-state index in [4.69, 9.17) is 23.2 Å². The second-order valence-electron chi connectivity index (χ2n) is 6.21. The predicted molar refractivity (Wildman–Crippen MR) is 87.1 cm³/mol. The minimum Gasteiger partial charge on any atom is -0.344 e. The number of hydrogen-bond donors (Lipinski definition) is 1. The maximum Gasteiger partial charge on any atom is 0.249 e. The normalized spacial score (nSPS) is 30.0. The zero-order valence-corrected chi connectivity index (χ0v) is 13.8. The molecule has 1 aromatic rings. The van der Waals surface area contributed by atoms with Gasteiger partial charge in [-0.15, -0.1) is 23.2 Å². The van der Waals surface area contributed by atoms with E-state index in [-0.39, 0.29) is 11.8 Å². The standard InChI is InChI=1S/C16H18Cl2N2O2/c1-15(10-16(15,17)18)14(22)19-12-8-5-9-20(13(12)21)11-6-3-2-4-7-11/h2-4,6-7,12H,5,8-10H2,1H3,(H,19,22)/t12-,15+/m0/s1. The van der Waals surface area contributed by atoms with Crippen molar-refractivity contribution < 1.29 is 9.59 Å². The minimum atomic E-state index is -1.02. The quantitative estimate of drug-likeness (QED) is 0.860. The van der Waals surface area contributed by atoms with Crippen molar-refractivity contribution in [2.75, 3.05) is 11.4 Å². The Balaban J connectivity index is 1.70. The summed E-state index contributed by atoms with van der Waals surface area (Å²) in [4.78, 5) is 26.7. The molecule has 1 N–H and O–H groups in total. The third kappa shape index (κ3) is 2.59. The number of benzene rings is 1. The Labute approximate surface area is 139 Å². The van der Waals surface area contributed by atoms with Crippen LogP contribution in [0, 0.1) is 5.41 Å². The molecule has 2 amide bonds. The third-order valence-corrected chi connectivity index (χ3v) is 5.67. The Morgan fingerprint density at radius 1 is 1.32 bits per heavy atom. The molecule has 0 radical (unpaired) electrons. The van der Waals surface area contributed by atoms with Crippen LogP contribution in [0.3, 0.4) is 0 Å². The van der Waals surface area contributed by atoms with E-state index in [1.807, 2.05) is 30.3 Å². The number of nitrogens with one attached hydrogen (secondary N) is 1. The van der Waals surface area contributed by atoms with Gasteiger partial charge in [-0.25, -0.2) is 0 Å². The van der Waals surface area contributed by atoms with Crippen LogP contribution in [0.5, 0.6) is 0 Å². The van der Waals surface area contributed by atoms with Crippen LogP contribution in [-0.4, -0.2) is 28.7 Å². The average molecular weight is 341 g/mol. The second kappa shape index (κ2) is 5.43. The first kappa shape index (κ1) is 15.6. The molecule has 0 bridgehead atoms. The van der Waals surface area contributed by atoms with Gasteiger partial charge in [0.2, 0.25) is 11.8 Å². The lowest BCUT2D eigenvalue weighted by atomic mass is 10.0. The third-order valence-electron chi connectivity index (χ3n) is 4.57. The highest BCUT2D eigenvalue weighted by molar-refractivity contribution is 6.53. The summed E-state index contributed by atoms with van der Waals surface area (Å²) in [6, 6.07) is 8.98. The van der Waals surface area contributed by atoms with E-state index in [2.05, 4.69) is 5.32 Å². The van der Waals surface area contributed by atoms with E-state index >= 15 is 0 Å². The molecule has 6 heteroatoms. The number of anilines is 1. The van der Waals surface area contributed by atoms with Crippen LogP contribution in [0.2, 0.25) is 0 Å². The maximum atomic E-state index is 12.6. The van der Waals surface area contributed by atoms with Gasteiger partial charge in [0.15, 0.2) is 0 Å². The molecule has 1 aromatic carbocycles. The Morgan fingerprint density at radius 3 is 2.55 bits per heavy atom. The number of nitrogens with zero attached hydrogens (tertiary/aromatic N) is 1. The topological polar surface area (TPSA) is 49.4 Å². The number of piperidine rings is 1. The van der Waals surface area contributed by atoms with Crippen molar-refractivity contribution >= 4 is 40.7 Å². The molecule has 3 rings (SSSR count). The molecule has 2 atom stereocenters. The van der Waals surface area contributed by atoms with E-state index < -0.39 is 15.8 Å². The number of para-hydroxylation sites is 1. The fourth-order valence-electron chi connectivity index (χ4n) is 2.84. The smallest absolute Gasteiger partial charge is 0.249 e. The highest BCUT2D eigenvalue weighted by atomic mass is 35.5. The lowest BCUT2D eigenvalue weighted by Gasteiger charge is -2.33. The Bertz CT molecular complexity index is 605. The van der Waals surface area contributed by atoms with Crippen LogP contribution in [0.1, 0.15) is 26.2 Å². The molecule has 0 aromatic heterocycles. The highest BCUT2D eigenvalue weighted by Gasteiger charge is 2.68. The van der Waals surface area contributed by atoms with E-state index in [0.29, 0.717) is 19.4 Å². The first-order valence-corrected chi connectivity index (χ1v) is 8.16. The van der Waals surface area contributed by atoms with Gasteiger partial charge in [0, 0.05) is 12.2 Å². The van der Waals surface area contributed by atoms with Crippen LogP contribution in [-0.2, 0) is 9.59 Å². The van der Waals surface area contributed by atoms with Gasteiger partial charge >= 0.3 is 0 Å². The number of amides is 2. The van der Waals surface area contributed by atoms with Crippen LogP contribution in [0.15, 0.2) is 30.3 Å². The van der Waals surface area contributed by atoms with E-state index in [1.165, 1.54) is 0 Å². The largest absolute Gasteiger partial charge is 0.344 e. The molecule has 118 valence electrons. The Hall–Kier alpha value is -1.26. The zero-order valence-electron chi connectivity index (χ0n) is 12.3. The van der Waals surface area contributed by atoms with Crippen LogP contribution in [0.25, 0.3) is 0 Å². The number of alkyl halides is 2. The summed E-state index contributed by atoms with van der Waals surface area (Å²) in [6.07, 6.45) is 1.90. The zero-order chi connectivity index (χ0) is 16.0. The van der Waals surface area contributed by atoms with Gasteiger partial charge in [0.1, 0.15) is 10.4 Å². The fraction of sp³-hybridized carbons (Fsp3) is 0.500. The van der Waals surface area contributed by atoms with E-state index in [1.54, 1.807) is 11.8 Å². The first-order valence-electron chi connectivity index (χ1n) is 7.40. The maximum absolute atomic E-state index is 12.6. The SMILES string of the molecule is C[C@]1(C(=O)N[C@H]2CCCN(c3ccccc3)C2=O)CC1(Cl)Cl. The summed E-state index contributed by atoms with van der Waals surface area (Å²) in [5.41, 5.74) is 0.0546. The van der Waals surface area contributed by atoms with Crippen LogP contribution >= 0.6 is 23.2 Å². The van der Waals surface area contributed by atoms with Crippen molar-refractivity contribution in [2.45, 2.75) is 36.6 Å². The molecule has 1 aliphatic carbocycles. The van der Waals surface area contributed by atoms with Crippen molar-refractivity contribution in [1.29, 1.82) is 0 Å². The van der Waals surface area contributed by atoms with Crippen molar-refractivity contribution in [3.8, 4) is 0 Å². The second-order valence-corrected chi connectivity index (χ2v) is 7.69. The number of halogens is 2. The summed E-state index contributed by atoms with van der Waals surface area (Å²) in [7, 11) is 0. The molecule has 0 unspecified atom stereocenters. The average Bonchev–Trinajstić information content (AvgIpc) is 3.02. The van der Waals surface area contributed by atoms with E-state index in [0.717, 1.165) is 12.1 Å². The molecule has 22 heavy (non-hydrogen) atoms. The molecule has 1 aliphatic heterocycles. The number of hydrogen-bond acceptors (Lipinski definition) is 2. The van der Waals surface area contributed by atoms with E-state index in [9.17, 15) is 9.59 Å². The van der Waals surface area contributed by atoms with Crippen LogP contribution in [0.4, 0.5) is 5.69 Å². The van der Waals surface area contributed by atoms with Gasteiger partial charge < -0.3 is 10.2 Å². The molecule has 2 fully saturated rings. The van der Waals surface area contributed by atoms with Crippen molar-refractivity contribution in [2.24, 2.45) is 5.41 Å². The van der Waals surface area contributed by atoms with Crippen molar-refractivity contribution in [3.63, 3.8) is 0 Å². The monoisotopic (exact) mass is 340 g/mol. The Kier molecular flexibility index (Phi) is 3.86. The number of carbonyl (C=O) groups is 2. The van der Waals surface area contributed by atoms with Gasteiger partial charge in [-0.1, -0.05) is 18.2 Å². The summed E-state index contributed by atoms with van der Waals surface area (Å²) in [5, 5.41) is 2.83. The summed E-state index contributed by atoms with van der Waals surface area (Å²) < 4.78 is -1.02. The Morgan fingerprint density at radius 2 is 1.95 bits per heavy atom. The number of carbonyl (C=O) groups excluding carboxylic acids is 2. The van der Waals surface area contributed by atoms with Gasteiger partial charge in [-0.2, -0.15) is 0 Å². The minimum absolute atomic E-state index is 0.0789. The molecule has 1 saturated carbocycles. The molecular formula is C16H18Cl2N2O2. The predicted octanol–water partition coefficient (Wildman–Crippen LogP) is 2.88. The molecule has 4 nitrogen and oxygen atoms in total. The lowest BCUT2D eigenvalue weighted by molar-refractivity contribution is -0.131. The van der Waals surface area contributed by atoms with Gasteiger partial charge in [0.05, 0.1) is 5.41 Å². The first-order chi connectivity index (χ1) is 10.3. The van der Waals surface area contributed by atoms with Crippen molar-refractivity contribution in [1.82, 2.24) is 5.32 Å². The highest BCUT2D eigenvalue weighted by Crippen LogP contribution is 2.63. The fourth-order valence-corrected chi connectivity index (χ4v) is 3.54. The molecule has 1 saturated heterocycles. The van der Waals surface area contributed by atoms with Gasteiger partial charge in [-0.3, -0.25) is 9.59 Å². The van der Waals surface area contributed by atoms with Crippen LogP contribution < -0.4 is 10.2 Å². The molecule has 0 spiro atoms. The summed E-state index contributed by atoms with van der Waals surface area (Å²) in [6.45, 7) is 2.39. The van der Waals surface area contributed by atoms with Crippen molar-refractivity contribution in [3.05, 3.63) is 30.3 Å². The molecule has 2 aliphatic rings. The summed E-state index contributed by atoms with van der Waals surface area (Å²) >= 11 is 12.1. The van der Waals surface area contributed by atoms with Gasteiger partial charge in [-0.05, 0) is 38.3 Å². The lowest BCUT2D eigenvalue weighted by Crippen LogP contribution is -2.54. The number of rotatable bonds is 3. The molecular weight excluding hydrogens is 323 g/mol.